The van der Waals surface area contributed by atoms with E-state index in [0.29, 0.717) is 19.8 Å². The number of rotatable bonds is 3. The first kappa shape index (κ1) is 13.1. The summed E-state index contributed by atoms with van der Waals surface area (Å²) in [6, 6.07) is 5.79. The second-order valence-electron chi connectivity index (χ2n) is 3.59. The molecule has 90 valence electrons. The molecule has 4 N–H and O–H groups in total. The number of ether oxygens (including phenoxy) is 2. The zero-order chi connectivity index (χ0) is 10.7. The van der Waals surface area contributed by atoms with E-state index in [1.54, 1.807) is 0 Å². The summed E-state index contributed by atoms with van der Waals surface area (Å²) in [5.74, 6) is 1.58. The van der Waals surface area contributed by atoms with Gasteiger partial charge in [0.1, 0.15) is 13.2 Å². The van der Waals surface area contributed by atoms with E-state index in [0.717, 1.165) is 23.5 Å². The van der Waals surface area contributed by atoms with Crippen LogP contribution >= 0.6 is 12.4 Å². The van der Waals surface area contributed by atoms with Gasteiger partial charge in [-0.3, -0.25) is 0 Å². The van der Waals surface area contributed by atoms with Gasteiger partial charge in [0.2, 0.25) is 0 Å². The summed E-state index contributed by atoms with van der Waals surface area (Å²) in [4.78, 5) is 0. The van der Waals surface area contributed by atoms with Crippen LogP contribution in [-0.4, -0.2) is 19.8 Å². The highest BCUT2D eigenvalue weighted by molar-refractivity contribution is 5.85. The average molecular weight is 245 g/mol. The third-order valence-corrected chi connectivity index (χ3v) is 2.47. The fraction of sp³-hybridized carbons (Fsp3) is 0.455. The minimum atomic E-state index is -0.0224. The van der Waals surface area contributed by atoms with E-state index in [1.165, 1.54) is 0 Å². The molecular weight excluding hydrogens is 228 g/mol. The monoisotopic (exact) mass is 244 g/mol. The SMILES string of the molecule is Cl.NCC[C@H](N)c1ccc2c(c1)OCCO2. The largest absolute Gasteiger partial charge is 0.486 e. The molecule has 0 amide bonds. The van der Waals surface area contributed by atoms with Gasteiger partial charge in [-0.25, -0.2) is 0 Å². The molecule has 16 heavy (non-hydrogen) atoms. The van der Waals surface area contributed by atoms with Crippen molar-refractivity contribution in [2.24, 2.45) is 11.5 Å². The van der Waals surface area contributed by atoms with Crippen molar-refractivity contribution in [1.29, 1.82) is 0 Å². The Hall–Kier alpha value is -0.970. The first-order chi connectivity index (χ1) is 7.31. The van der Waals surface area contributed by atoms with E-state index in [1.807, 2.05) is 18.2 Å². The first-order valence-corrected chi connectivity index (χ1v) is 5.16. The molecule has 0 spiro atoms. The van der Waals surface area contributed by atoms with Gasteiger partial charge in [-0.15, -0.1) is 12.4 Å². The average Bonchev–Trinajstić information content (AvgIpc) is 2.29. The van der Waals surface area contributed by atoms with Gasteiger partial charge in [0.05, 0.1) is 0 Å². The summed E-state index contributed by atoms with van der Waals surface area (Å²) in [6.45, 7) is 1.80. The van der Waals surface area contributed by atoms with Crippen molar-refractivity contribution in [3.8, 4) is 11.5 Å². The third-order valence-electron chi connectivity index (χ3n) is 2.47. The molecule has 0 radical (unpaired) electrons. The quantitative estimate of drug-likeness (QED) is 0.839. The second-order valence-corrected chi connectivity index (χ2v) is 3.59. The molecule has 1 atom stereocenters. The van der Waals surface area contributed by atoms with Crippen LogP contribution in [0.4, 0.5) is 0 Å². The van der Waals surface area contributed by atoms with Gasteiger partial charge in [0.15, 0.2) is 11.5 Å². The van der Waals surface area contributed by atoms with Gasteiger partial charge < -0.3 is 20.9 Å². The third kappa shape index (κ3) is 2.78. The van der Waals surface area contributed by atoms with Crippen molar-refractivity contribution < 1.29 is 9.47 Å². The van der Waals surface area contributed by atoms with Crippen LogP contribution in [0.5, 0.6) is 11.5 Å². The predicted octanol–water partition coefficient (Wildman–Crippen LogP) is 1.23. The summed E-state index contributed by atoms with van der Waals surface area (Å²) < 4.78 is 10.9. The van der Waals surface area contributed by atoms with Crippen molar-refractivity contribution in [3.63, 3.8) is 0 Å². The highest BCUT2D eigenvalue weighted by atomic mass is 35.5. The Bertz CT molecular complexity index is 347. The van der Waals surface area contributed by atoms with Crippen LogP contribution in [0.25, 0.3) is 0 Å². The molecule has 1 aromatic rings. The number of hydrogen-bond acceptors (Lipinski definition) is 4. The lowest BCUT2D eigenvalue weighted by molar-refractivity contribution is 0.171. The number of benzene rings is 1. The van der Waals surface area contributed by atoms with E-state index in [-0.39, 0.29) is 18.4 Å². The maximum Gasteiger partial charge on any atom is 0.161 e. The molecule has 0 saturated heterocycles. The van der Waals surface area contributed by atoms with Crippen molar-refractivity contribution in [2.75, 3.05) is 19.8 Å². The van der Waals surface area contributed by atoms with Crippen molar-refractivity contribution in [2.45, 2.75) is 12.5 Å². The predicted molar refractivity (Wildman–Crippen MR) is 65.3 cm³/mol. The summed E-state index contributed by atoms with van der Waals surface area (Å²) in [5.41, 5.74) is 12.5. The summed E-state index contributed by atoms with van der Waals surface area (Å²) in [7, 11) is 0. The smallest absolute Gasteiger partial charge is 0.161 e. The topological polar surface area (TPSA) is 70.5 Å². The Labute approximate surface area is 101 Å². The van der Waals surface area contributed by atoms with Crippen LogP contribution in [0.3, 0.4) is 0 Å². The fourth-order valence-electron chi connectivity index (χ4n) is 1.64. The lowest BCUT2D eigenvalue weighted by Crippen LogP contribution is -2.18. The molecule has 0 bridgehead atoms. The van der Waals surface area contributed by atoms with E-state index < -0.39 is 0 Å². The standard InChI is InChI=1S/C11H16N2O2.ClH/c12-4-3-9(13)8-1-2-10-11(7-8)15-6-5-14-10;/h1-2,7,9H,3-6,12-13H2;1H/t9-;/m0./s1. The fourth-order valence-corrected chi connectivity index (χ4v) is 1.64. The molecule has 1 aliphatic heterocycles. The first-order valence-electron chi connectivity index (χ1n) is 5.16. The van der Waals surface area contributed by atoms with Crippen molar-refractivity contribution >= 4 is 12.4 Å². The van der Waals surface area contributed by atoms with Gasteiger partial charge >= 0.3 is 0 Å². The lowest BCUT2D eigenvalue weighted by Gasteiger charge is -2.20. The van der Waals surface area contributed by atoms with Gasteiger partial charge in [-0.05, 0) is 30.7 Å². The van der Waals surface area contributed by atoms with Gasteiger partial charge in [0.25, 0.3) is 0 Å². The Morgan fingerprint density at radius 3 is 2.56 bits per heavy atom. The summed E-state index contributed by atoms with van der Waals surface area (Å²) in [5, 5.41) is 0. The Kier molecular flexibility index (Phi) is 4.86. The van der Waals surface area contributed by atoms with Crippen LogP contribution in [-0.2, 0) is 0 Å². The minimum absolute atomic E-state index is 0. The molecule has 0 aromatic heterocycles. The lowest BCUT2D eigenvalue weighted by atomic mass is 10.0. The highest BCUT2D eigenvalue weighted by Crippen LogP contribution is 2.32. The highest BCUT2D eigenvalue weighted by Gasteiger charge is 2.14. The zero-order valence-electron chi connectivity index (χ0n) is 9.02. The summed E-state index contributed by atoms with van der Waals surface area (Å²) in [6.07, 6.45) is 0.777. The van der Waals surface area contributed by atoms with Gasteiger partial charge in [-0.1, -0.05) is 6.07 Å². The number of halogens is 1. The second kappa shape index (κ2) is 5.94. The van der Waals surface area contributed by atoms with Crippen LogP contribution in [0.2, 0.25) is 0 Å². The molecule has 0 unspecified atom stereocenters. The van der Waals surface area contributed by atoms with E-state index >= 15 is 0 Å². The Morgan fingerprint density at radius 1 is 1.19 bits per heavy atom. The Morgan fingerprint density at radius 2 is 1.88 bits per heavy atom. The molecule has 0 saturated carbocycles. The molecule has 0 fully saturated rings. The van der Waals surface area contributed by atoms with Crippen LogP contribution in [0.15, 0.2) is 18.2 Å². The molecule has 1 aromatic carbocycles. The minimum Gasteiger partial charge on any atom is -0.486 e. The molecular formula is C11H17ClN2O2. The van der Waals surface area contributed by atoms with E-state index in [2.05, 4.69) is 0 Å². The molecule has 1 aliphatic rings. The number of hydrogen-bond donors (Lipinski definition) is 2. The molecule has 0 aliphatic carbocycles. The molecule has 1 heterocycles. The zero-order valence-corrected chi connectivity index (χ0v) is 9.83. The Balaban J connectivity index is 0.00000128. The molecule has 2 rings (SSSR count). The van der Waals surface area contributed by atoms with Crippen molar-refractivity contribution in [3.05, 3.63) is 23.8 Å². The molecule has 5 heteroatoms. The van der Waals surface area contributed by atoms with Crippen LogP contribution < -0.4 is 20.9 Å². The molecule has 4 nitrogen and oxygen atoms in total. The van der Waals surface area contributed by atoms with Crippen LogP contribution in [0, 0.1) is 0 Å². The van der Waals surface area contributed by atoms with Gasteiger partial charge in [-0.2, -0.15) is 0 Å². The van der Waals surface area contributed by atoms with E-state index in [4.69, 9.17) is 20.9 Å². The van der Waals surface area contributed by atoms with Crippen molar-refractivity contribution in [1.82, 2.24) is 0 Å². The maximum absolute atomic E-state index is 5.96. The van der Waals surface area contributed by atoms with Gasteiger partial charge in [0, 0.05) is 6.04 Å². The maximum atomic E-state index is 5.96. The number of fused-ring (bicyclic) bond motifs is 1. The normalized spacial score (nSPS) is 15.1. The van der Waals surface area contributed by atoms with E-state index in [9.17, 15) is 0 Å². The van der Waals surface area contributed by atoms with Crippen LogP contribution in [0.1, 0.15) is 18.0 Å². The summed E-state index contributed by atoms with van der Waals surface area (Å²) >= 11 is 0. The number of nitrogens with two attached hydrogens (primary N) is 2.